The summed E-state index contributed by atoms with van der Waals surface area (Å²) in [7, 11) is 0. The molecule has 5 heteroatoms. The van der Waals surface area contributed by atoms with Gasteiger partial charge < -0.3 is 33.0 Å². The Labute approximate surface area is 167 Å². The summed E-state index contributed by atoms with van der Waals surface area (Å²) in [6.07, 6.45) is 14.2. The van der Waals surface area contributed by atoms with Crippen LogP contribution in [0.25, 0.3) is 0 Å². The van der Waals surface area contributed by atoms with Crippen LogP contribution in [0.5, 0.6) is 0 Å². The van der Waals surface area contributed by atoms with Gasteiger partial charge in [-0.15, -0.1) is 0 Å². The second-order valence-corrected chi connectivity index (χ2v) is 5.47. The van der Waals surface area contributed by atoms with Crippen LogP contribution in [0.15, 0.2) is 0 Å². The Morgan fingerprint density at radius 3 is 1.30 bits per heavy atom. The maximum Gasteiger partial charge on any atom is 2.00 e. The number of unbranched alkanes of at least 4 members (excludes halogenated alkanes) is 2. The molecular formula is C18H37ClMgO3. The van der Waals surface area contributed by atoms with Crippen LogP contribution in [0, 0.1) is 6.42 Å². The van der Waals surface area contributed by atoms with E-state index in [1.807, 2.05) is 0 Å². The third-order valence-electron chi connectivity index (χ3n) is 3.34. The van der Waals surface area contributed by atoms with Gasteiger partial charge in [0.05, 0.1) is 26.4 Å². The van der Waals surface area contributed by atoms with E-state index < -0.39 is 0 Å². The van der Waals surface area contributed by atoms with Crippen molar-refractivity contribution in [3.8, 4) is 0 Å². The third kappa shape index (κ3) is 28.0. The van der Waals surface area contributed by atoms with Gasteiger partial charge in [0.1, 0.15) is 0 Å². The fourth-order valence-corrected chi connectivity index (χ4v) is 1.93. The van der Waals surface area contributed by atoms with Crippen molar-refractivity contribution in [1.29, 1.82) is 0 Å². The van der Waals surface area contributed by atoms with Crippen molar-refractivity contribution in [3.63, 3.8) is 0 Å². The van der Waals surface area contributed by atoms with E-state index >= 15 is 0 Å². The number of halogens is 1. The van der Waals surface area contributed by atoms with Gasteiger partial charge in [0.15, 0.2) is 0 Å². The molecule has 1 aliphatic rings. The van der Waals surface area contributed by atoms with Crippen molar-refractivity contribution in [2.45, 2.75) is 71.6 Å². The van der Waals surface area contributed by atoms with Crippen molar-refractivity contribution < 1.29 is 26.6 Å². The average molecular weight is 361 g/mol. The maximum absolute atomic E-state index is 5.35. The van der Waals surface area contributed by atoms with Gasteiger partial charge in [-0.3, -0.25) is 0 Å². The molecule has 3 nitrogen and oxygen atoms in total. The maximum atomic E-state index is 5.35. The first-order valence-corrected chi connectivity index (χ1v) is 8.96. The predicted molar refractivity (Wildman–Crippen MR) is 95.4 cm³/mol. The van der Waals surface area contributed by atoms with Crippen LogP contribution >= 0.6 is 0 Å². The minimum absolute atomic E-state index is 0. The molecule has 0 aromatic rings. The zero-order valence-electron chi connectivity index (χ0n) is 15.5. The van der Waals surface area contributed by atoms with Gasteiger partial charge in [0, 0.05) is 13.2 Å². The molecule has 1 aliphatic carbocycles. The van der Waals surface area contributed by atoms with Crippen LogP contribution < -0.4 is 12.4 Å². The molecule has 0 bridgehead atoms. The zero-order valence-corrected chi connectivity index (χ0v) is 17.7. The standard InChI is InChI=1S/C12H26O3.C6H11.ClH.Mg/c1-3-5-7-13-9-11-15-12-10-14-8-6-4-2;1-2-4-6-5-3-1;;/h3-12H2,1-2H3;1H,2-6H2;1H;/q;-1;;+2/p-1. The van der Waals surface area contributed by atoms with Crippen LogP contribution in [0.3, 0.4) is 0 Å². The van der Waals surface area contributed by atoms with Crippen LogP contribution in [0.1, 0.15) is 71.6 Å². The zero-order chi connectivity index (χ0) is 15.4. The normalized spacial score (nSPS) is 13.3. The number of rotatable bonds is 12. The fourth-order valence-electron chi connectivity index (χ4n) is 1.93. The molecule has 0 amide bonds. The predicted octanol–water partition coefficient (Wildman–Crippen LogP) is 1.41. The van der Waals surface area contributed by atoms with Gasteiger partial charge in [-0.2, -0.15) is 12.8 Å². The molecular weight excluding hydrogens is 324 g/mol. The number of ether oxygens (including phenoxy) is 3. The van der Waals surface area contributed by atoms with Gasteiger partial charge in [0.25, 0.3) is 0 Å². The Morgan fingerprint density at radius 2 is 1.04 bits per heavy atom. The van der Waals surface area contributed by atoms with E-state index in [0.29, 0.717) is 26.4 Å². The van der Waals surface area contributed by atoms with Crippen molar-refractivity contribution >= 4 is 23.1 Å². The molecule has 0 atom stereocenters. The average Bonchev–Trinajstić information content (AvgIpc) is 2.55. The van der Waals surface area contributed by atoms with Crippen LogP contribution in [-0.2, 0) is 14.2 Å². The first-order chi connectivity index (χ1) is 10.4. The van der Waals surface area contributed by atoms with Crippen molar-refractivity contribution in [2.24, 2.45) is 0 Å². The van der Waals surface area contributed by atoms with E-state index in [1.165, 1.54) is 44.9 Å². The summed E-state index contributed by atoms with van der Waals surface area (Å²) < 4.78 is 16.1. The third-order valence-corrected chi connectivity index (χ3v) is 3.34. The van der Waals surface area contributed by atoms with Gasteiger partial charge in [-0.05, 0) is 12.8 Å². The Morgan fingerprint density at radius 1 is 0.652 bits per heavy atom. The van der Waals surface area contributed by atoms with E-state index in [9.17, 15) is 0 Å². The van der Waals surface area contributed by atoms with Gasteiger partial charge in [-0.25, -0.2) is 0 Å². The Balaban J connectivity index is -0.000000421. The Hall–Kier alpha value is 0.936. The first kappa shape index (κ1) is 28.7. The molecule has 0 spiro atoms. The van der Waals surface area contributed by atoms with E-state index in [4.69, 9.17) is 14.2 Å². The molecule has 23 heavy (non-hydrogen) atoms. The molecule has 136 valence electrons. The quantitative estimate of drug-likeness (QED) is 0.299. The summed E-state index contributed by atoms with van der Waals surface area (Å²) in [4.78, 5) is 0. The molecule has 0 aromatic carbocycles. The minimum atomic E-state index is 0. The summed E-state index contributed by atoms with van der Waals surface area (Å²) >= 11 is 0. The molecule has 0 heterocycles. The van der Waals surface area contributed by atoms with Crippen molar-refractivity contribution in [3.05, 3.63) is 6.42 Å². The summed E-state index contributed by atoms with van der Waals surface area (Å²) in [5.41, 5.74) is 0. The summed E-state index contributed by atoms with van der Waals surface area (Å²) in [6.45, 7) is 8.80. The van der Waals surface area contributed by atoms with E-state index in [0.717, 1.165) is 26.1 Å². The van der Waals surface area contributed by atoms with E-state index in [2.05, 4.69) is 20.3 Å². The van der Waals surface area contributed by atoms with Gasteiger partial charge >= 0.3 is 23.1 Å². The van der Waals surface area contributed by atoms with Crippen LogP contribution in [0.2, 0.25) is 0 Å². The Bertz CT molecular complexity index is 158. The van der Waals surface area contributed by atoms with E-state index in [1.54, 1.807) is 0 Å². The first-order valence-electron chi connectivity index (χ1n) is 8.96. The van der Waals surface area contributed by atoms with Gasteiger partial charge in [0.2, 0.25) is 0 Å². The molecule has 0 saturated heterocycles. The largest absolute Gasteiger partial charge is 2.00 e. The summed E-state index contributed by atoms with van der Waals surface area (Å²) in [5, 5.41) is 0. The monoisotopic (exact) mass is 360 g/mol. The van der Waals surface area contributed by atoms with Crippen LogP contribution in [0.4, 0.5) is 0 Å². The second kappa shape index (κ2) is 27.8. The topological polar surface area (TPSA) is 27.7 Å². The molecule has 0 unspecified atom stereocenters. The van der Waals surface area contributed by atoms with Crippen molar-refractivity contribution in [2.75, 3.05) is 39.6 Å². The SMILES string of the molecule is CCCCOCCOCCOCCCC.[CH-]1CCCCC1.[Cl-].[Mg+2]. The smallest absolute Gasteiger partial charge is 1.00 e. The molecule has 1 rings (SSSR count). The fraction of sp³-hybridized carbons (Fsp3) is 0.944. The molecule has 0 N–H and O–H groups in total. The Kier molecular flexibility index (Phi) is 34.7. The number of hydrogen-bond donors (Lipinski definition) is 0. The molecule has 1 saturated carbocycles. The van der Waals surface area contributed by atoms with Crippen LogP contribution in [-0.4, -0.2) is 62.7 Å². The minimum Gasteiger partial charge on any atom is -1.00 e. The van der Waals surface area contributed by atoms with Crippen molar-refractivity contribution in [1.82, 2.24) is 0 Å². The molecule has 0 aromatic heterocycles. The molecule has 1 fully saturated rings. The summed E-state index contributed by atoms with van der Waals surface area (Å²) in [5.74, 6) is 0. The molecule has 0 aliphatic heterocycles. The van der Waals surface area contributed by atoms with Gasteiger partial charge in [-0.1, -0.05) is 46.0 Å². The second-order valence-electron chi connectivity index (χ2n) is 5.47. The summed E-state index contributed by atoms with van der Waals surface area (Å²) in [6, 6.07) is 0. The molecule has 0 radical (unpaired) electrons. The van der Waals surface area contributed by atoms with E-state index in [-0.39, 0.29) is 35.5 Å². The number of hydrogen-bond acceptors (Lipinski definition) is 3.